The molecule has 0 spiro atoms. The Labute approximate surface area is 98.1 Å². The second-order valence-electron chi connectivity index (χ2n) is 3.08. The van der Waals surface area contributed by atoms with Crippen LogP contribution in [0.2, 0.25) is 0 Å². The summed E-state index contributed by atoms with van der Waals surface area (Å²) < 4.78 is 36.4. The molecule has 17 heavy (non-hydrogen) atoms. The maximum absolute atomic E-state index is 12.1. The lowest BCUT2D eigenvalue weighted by atomic mass is 10.2. The minimum Gasteiger partial charge on any atom is -0.276 e. The zero-order chi connectivity index (χ0) is 12.5. The Morgan fingerprint density at radius 1 is 1.18 bits per heavy atom. The summed E-state index contributed by atoms with van der Waals surface area (Å²) in [5, 5.41) is -1.45. The van der Waals surface area contributed by atoms with Gasteiger partial charge in [0.15, 0.2) is 0 Å². The first-order valence-electron chi connectivity index (χ1n) is 4.47. The molecule has 0 saturated carbocycles. The SMILES string of the molecule is O=C(Sc1ncnc2ccccc12)C(F)(F)F. The van der Waals surface area contributed by atoms with Crippen molar-refractivity contribution in [2.75, 3.05) is 0 Å². The third-order valence-corrected chi connectivity index (χ3v) is 2.86. The fraction of sp³-hybridized carbons (Fsp3) is 0.100. The molecule has 3 nitrogen and oxygen atoms in total. The number of rotatable bonds is 1. The van der Waals surface area contributed by atoms with Crippen LogP contribution in [-0.4, -0.2) is 21.3 Å². The Kier molecular flexibility index (Phi) is 3.01. The molecule has 1 heterocycles. The molecule has 0 radical (unpaired) electrons. The summed E-state index contributed by atoms with van der Waals surface area (Å²) in [6.45, 7) is 0. The van der Waals surface area contributed by atoms with Crippen molar-refractivity contribution in [3.8, 4) is 0 Å². The molecular formula is C10H5F3N2OS. The molecule has 0 unspecified atom stereocenters. The smallest absolute Gasteiger partial charge is 0.276 e. The van der Waals surface area contributed by atoms with Crippen molar-refractivity contribution in [3.63, 3.8) is 0 Å². The highest BCUT2D eigenvalue weighted by atomic mass is 32.2. The predicted molar refractivity (Wildman–Crippen MR) is 56.5 cm³/mol. The van der Waals surface area contributed by atoms with E-state index in [9.17, 15) is 18.0 Å². The summed E-state index contributed by atoms with van der Waals surface area (Å²) >= 11 is 0.0650. The molecule has 0 saturated heterocycles. The molecule has 0 aliphatic heterocycles. The van der Waals surface area contributed by atoms with Gasteiger partial charge < -0.3 is 0 Å². The number of carbonyl (C=O) groups is 1. The van der Waals surface area contributed by atoms with Crippen LogP contribution in [-0.2, 0) is 4.79 Å². The molecule has 0 fully saturated rings. The van der Waals surface area contributed by atoms with E-state index in [1.54, 1.807) is 24.3 Å². The number of hydrogen-bond acceptors (Lipinski definition) is 4. The molecule has 2 rings (SSSR count). The molecule has 1 aromatic carbocycles. The number of hydrogen-bond donors (Lipinski definition) is 0. The monoisotopic (exact) mass is 258 g/mol. The number of carbonyl (C=O) groups excluding carboxylic acids is 1. The van der Waals surface area contributed by atoms with Crippen LogP contribution in [0.4, 0.5) is 13.2 Å². The van der Waals surface area contributed by atoms with E-state index >= 15 is 0 Å². The minimum absolute atomic E-state index is 0.0120. The van der Waals surface area contributed by atoms with E-state index in [2.05, 4.69) is 9.97 Å². The van der Waals surface area contributed by atoms with Crippen LogP contribution in [0.15, 0.2) is 35.6 Å². The summed E-state index contributed by atoms with van der Waals surface area (Å²) in [7, 11) is 0. The molecule has 0 atom stereocenters. The van der Waals surface area contributed by atoms with Gasteiger partial charge in [0, 0.05) is 5.39 Å². The van der Waals surface area contributed by atoms with Crippen molar-refractivity contribution in [1.29, 1.82) is 0 Å². The molecule has 0 aliphatic carbocycles. The lowest BCUT2D eigenvalue weighted by Gasteiger charge is -2.05. The normalized spacial score (nSPS) is 11.7. The molecule has 0 aliphatic rings. The highest BCUT2D eigenvalue weighted by molar-refractivity contribution is 8.13. The Morgan fingerprint density at radius 3 is 2.59 bits per heavy atom. The maximum Gasteiger partial charge on any atom is 0.461 e. The van der Waals surface area contributed by atoms with Crippen LogP contribution in [0, 0.1) is 0 Å². The largest absolute Gasteiger partial charge is 0.461 e. The third kappa shape index (κ3) is 2.55. The van der Waals surface area contributed by atoms with Crippen LogP contribution in [0.1, 0.15) is 0 Å². The van der Waals surface area contributed by atoms with Gasteiger partial charge in [-0.3, -0.25) is 4.79 Å². The fourth-order valence-corrected chi connectivity index (χ4v) is 1.88. The number of alkyl halides is 3. The molecule has 1 aromatic heterocycles. The fourth-order valence-electron chi connectivity index (χ4n) is 1.21. The summed E-state index contributed by atoms with van der Waals surface area (Å²) in [6.07, 6.45) is -3.73. The quantitative estimate of drug-likeness (QED) is 0.582. The summed E-state index contributed by atoms with van der Waals surface area (Å²) in [5.74, 6) is 0. The maximum atomic E-state index is 12.1. The van der Waals surface area contributed by atoms with Gasteiger partial charge >= 0.3 is 6.18 Å². The topological polar surface area (TPSA) is 42.9 Å². The molecule has 2 aromatic rings. The highest BCUT2D eigenvalue weighted by Crippen LogP contribution is 2.31. The van der Waals surface area contributed by atoms with E-state index in [0.717, 1.165) is 6.33 Å². The Balaban J connectivity index is 2.40. The van der Waals surface area contributed by atoms with Crippen molar-refractivity contribution < 1.29 is 18.0 Å². The predicted octanol–water partition coefficient (Wildman–Crippen LogP) is 2.81. The number of para-hydroxylation sites is 1. The second-order valence-corrected chi connectivity index (χ2v) is 4.04. The number of halogens is 3. The molecular weight excluding hydrogens is 253 g/mol. The molecule has 0 amide bonds. The van der Waals surface area contributed by atoms with Gasteiger partial charge in [-0.25, -0.2) is 9.97 Å². The van der Waals surface area contributed by atoms with Crippen molar-refractivity contribution >= 4 is 27.8 Å². The molecule has 88 valence electrons. The number of benzene rings is 1. The lowest BCUT2D eigenvalue weighted by Crippen LogP contribution is -2.19. The third-order valence-electron chi connectivity index (χ3n) is 1.93. The number of nitrogens with zero attached hydrogens (tertiary/aromatic N) is 2. The van der Waals surface area contributed by atoms with Gasteiger partial charge in [0.05, 0.1) is 5.52 Å². The van der Waals surface area contributed by atoms with Gasteiger partial charge in [-0.1, -0.05) is 18.2 Å². The second kappa shape index (κ2) is 4.33. The summed E-state index contributed by atoms with van der Waals surface area (Å²) in [4.78, 5) is 18.4. The molecule has 0 bridgehead atoms. The van der Waals surface area contributed by atoms with E-state index in [1.165, 1.54) is 0 Å². The van der Waals surface area contributed by atoms with Crippen LogP contribution in [0.25, 0.3) is 10.9 Å². The average molecular weight is 258 g/mol. The van der Waals surface area contributed by atoms with Gasteiger partial charge in [-0.15, -0.1) is 0 Å². The van der Waals surface area contributed by atoms with E-state index in [4.69, 9.17) is 0 Å². The van der Waals surface area contributed by atoms with Crippen LogP contribution < -0.4 is 0 Å². The van der Waals surface area contributed by atoms with Crippen molar-refractivity contribution in [2.45, 2.75) is 11.2 Å². The molecule has 0 N–H and O–H groups in total. The van der Waals surface area contributed by atoms with Gasteiger partial charge in [0.1, 0.15) is 11.4 Å². The van der Waals surface area contributed by atoms with Crippen molar-refractivity contribution in [2.24, 2.45) is 0 Å². The Morgan fingerprint density at radius 2 is 1.88 bits per heavy atom. The van der Waals surface area contributed by atoms with Crippen molar-refractivity contribution in [1.82, 2.24) is 9.97 Å². The number of aromatic nitrogens is 2. The van der Waals surface area contributed by atoms with E-state index in [0.29, 0.717) is 10.9 Å². The first-order valence-corrected chi connectivity index (χ1v) is 5.29. The van der Waals surface area contributed by atoms with Crippen LogP contribution in [0.5, 0.6) is 0 Å². The zero-order valence-electron chi connectivity index (χ0n) is 8.23. The average Bonchev–Trinajstić information content (AvgIpc) is 2.28. The van der Waals surface area contributed by atoms with Crippen LogP contribution in [0.3, 0.4) is 0 Å². The zero-order valence-corrected chi connectivity index (χ0v) is 9.05. The van der Waals surface area contributed by atoms with Crippen molar-refractivity contribution in [3.05, 3.63) is 30.6 Å². The highest BCUT2D eigenvalue weighted by Gasteiger charge is 2.39. The minimum atomic E-state index is -4.86. The van der Waals surface area contributed by atoms with Gasteiger partial charge in [-0.2, -0.15) is 13.2 Å². The van der Waals surface area contributed by atoms with Gasteiger partial charge in [-0.05, 0) is 17.8 Å². The Hall–Kier alpha value is -1.63. The summed E-state index contributed by atoms with van der Waals surface area (Å²) in [5.41, 5.74) is 0.500. The van der Waals surface area contributed by atoms with Gasteiger partial charge in [0.2, 0.25) is 0 Å². The lowest BCUT2D eigenvalue weighted by molar-refractivity contribution is -0.160. The summed E-state index contributed by atoms with van der Waals surface area (Å²) in [6, 6.07) is 6.56. The first-order chi connectivity index (χ1) is 7.98. The molecule has 7 heteroatoms. The number of fused-ring (bicyclic) bond motifs is 1. The van der Waals surface area contributed by atoms with E-state index in [-0.39, 0.29) is 16.8 Å². The van der Waals surface area contributed by atoms with Gasteiger partial charge in [0.25, 0.3) is 5.12 Å². The van der Waals surface area contributed by atoms with E-state index < -0.39 is 11.3 Å². The number of thioether (sulfide) groups is 1. The Bertz CT molecular complexity index is 565. The van der Waals surface area contributed by atoms with E-state index in [1.807, 2.05) is 0 Å². The standard InChI is InChI=1S/C10H5F3N2OS/c11-10(12,13)9(16)17-8-6-3-1-2-4-7(6)14-5-15-8/h1-5H. The first kappa shape index (κ1) is 11.8. The van der Waals surface area contributed by atoms with Crippen LogP contribution >= 0.6 is 11.8 Å².